The molecule has 0 fully saturated rings. The summed E-state index contributed by atoms with van der Waals surface area (Å²) in [7, 11) is 0. The predicted molar refractivity (Wildman–Crippen MR) is 44.3 cm³/mol. The minimum absolute atomic E-state index is 0.0319. The van der Waals surface area contributed by atoms with Gasteiger partial charge in [0, 0.05) is 12.2 Å². The Morgan fingerprint density at radius 1 is 1.73 bits per heavy atom. The van der Waals surface area contributed by atoms with E-state index in [1.54, 1.807) is 12.3 Å². The van der Waals surface area contributed by atoms with Crippen LogP contribution in [0.4, 0.5) is 0 Å². The van der Waals surface area contributed by atoms with Crippen molar-refractivity contribution in [2.45, 2.75) is 19.4 Å². The molecule has 0 amide bonds. The molecule has 1 rings (SSSR count). The van der Waals surface area contributed by atoms with E-state index >= 15 is 0 Å². The van der Waals surface area contributed by atoms with Crippen molar-refractivity contribution in [2.24, 2.45) is 5.73 Å². The molecule has 1 atom stereocenters. The Bertz CT molecular complexity index is 239. The van der Waals surface area contributed by atoms with Gasteiger partial charge in [-0.1, -0.05) is 6.92 Å². The highest BCUT2D eigenvalue weighted by molar-refractivity contribution is 6.28. The van der Waals surface area contributed by atoms with Crippen LogP contribution in [-0.4, -0.2) is 9.97 Å². The summed E-state index contributed by atoms with van der Waals surface area (Å²) in [5, 5.41) is 0.256. The maximum Gasteiger partial charge on any atom is 0.222 e. The quantitative estimate of drug-likeness (QED) is 0.687. The number of halogens is 1. The third-order valence-corrected chi connectivity index (χ3v) is 1.65. The number of hydrogen-bond acceptors (Lipinski definition) is 3. The van der Waals surface area contributed by atoms with Crippen LogP contribution in [0, 0.1) is 0 Å². The zero-order valence-electron chi connectivity index (χ0n) is 6.29. The summed E-state index contributed by atoms with van der Waals surface area (Å²) in [5.74, 6) is 0. The van der Waals surface area contributed by atoms with Gasteiger partial charge in [-0.2, -0.15) is 0 Å². The molecule has 1 heterocycles. The van der Waals surface area contributed by atoms with Gasteiger partial charge < -0.3 is 5.73 Å². The second-order valence-corrected chi connectivity index (χ2v) is 2.60. The van der Waals surface area contributed by atoms with E-state index < -0.39 is 0 Å². The Morgan fingerprint density at radius 2 is 2.45 bits per heavy atom. The van der Waals surface area contributed by atoms with Gasteiger partial charge in [0.2, 0.25) is 5.28 Å². The van der Waals surface area contributed by atoms with Gasteiger partial charge in [0.1, 0.15) is 0 Å². The normalized spacial score (nSPS) is 13.0. The molecule has 4 heteroatoms. The maximum absolute atomic E-state index is 5.71. The van der Waals surface area contributed by atoms with Crippen LogP contribution in [0.5, 0.6) is 0 Å². The molecule has 0 radical (unpaired) electrons. The van der Waals surface area contributed by atoms with Crippen LogP contribution in [-0.2, 0) is 0 Å². The summed E-state index contributed by atoms with van der Waals surface area (Å²) >= 11 is 5.57. The van der Waals surface area contributed by atoms with Crippen LogP contribution in [0.1, 0.15) is 25.1 Å². The summed E-state index contributed by atoms with van der Waals surface area (Å²) in [6.07, 6.45) is 2.47. The number of hydrogen-bond donors (Lipinski definition) is 1. The van der Waals surface area contributed by atoms with E-state index in [0.717, 1.165) is 12.1 Å². The highest BCUT2D eigenvalue weighted by Gasteiger charge is 2.04. The highest BCUT2D eigenvalue weighted by atomic mass is 35.5. The minimum Gasteiger partial charge on any atom is -0.323 e. The van der Waals surface area contributed by atoms with E-state index in [9.17, 15) is 0 Å². The predicted octanol–water partition coefficient (Wildman–Crippen LogP) is 1.54. The van der Waals surface area contributed by atoms with Crippen LogP contribution < -0.4 is 5.73 Å². The van der Waals surface area contributed by atoms with Gasteiger partial charge in [-0.15, -0.1) is 0 Å². The van der Waals surface area contributed by atoms with Crippen molar-refractivity contribution >= 4 is 11.6 Å². The van der Waals surface area contributed by atoms with E-state index in [-0.39, 0.29) is 11.3 Å². The van der Waals surface area contributed by atoms with Crippen molar-refractivity contribution in [1.82, 2.24) is 9.97 Å². The smallest absolute Gasteiger partial charge is 0.222 e. The molecule has 0 aliphatic heterocycles. The molecule has 1 unspecified atom stereocenters. The van der Waals surface area contributed by atoms with Crippen LogP contribution in [0.15, 0.2) is 12.3 Å². The number of rotatable bonds is 2. The molecular formula is C7H10ClN3. The van der Waals surface area contributed by atoms with Gasteiger partial charge >= 0.3 is 0 Å². The lowest BCUT2D eigenvalue weighted by atomic mass is 10.2. The minimum atomic E-state index is -0.0319. The lowest BCUT2D eigenvalue weighted by molar-refractivity contribution is 0.672. The first-order chi connectivity index (χ1) is 5.24. The molecule has 0 spiro atoms. The Morgan fingerprint density at radius 3 is 3.00 bits per heavy atom. The third-order valence-electron chi connectivity index (χ3n) is 1.47. The molecule has 1 aromatic rings. The fourth-order valence-electron chi connectivity index (χ4n) is 0.763. The molecule has 3 nitrogen and oxygen atoms in total. The zero-order chi connectivity index (χ0) is 8.27. The van der Waals surface area contributed by atoms with Crippen LogP contribution >= 0.6 is 11.6 Å². The topological polar surface area (TPSA) is 51.8 Å². The summed E-state index contributed by atoms with van der Waals surface area (Å²) in [6.45, 7) is 2.00. The number of nitrogens with zero attached hydrogens (tertiary/aromatic N) is 2. The van der Waals surface area contributed by atoms with Gasteiger partial charge in [-0.3, -0.25) is 0 Å². The Kier molecular flexibility index (Phi) is 2.79. The standard InChI is InChI=1S/C7H10ClN3/c1-2-5(9)6-3-4-10-7(8)11-6/h3-5H,2,9H2,1H3. The van der Waals surface area contributed by atoms with Crippen molar-refractivity contribution in [3.8, 4) is 0 Å². The van der Waals surface area contributed by atoms with Crippen LogP contribution in [0.2, 0.25) is 5.28 Å². The number of nitrogens with two attached hydrogens (primary N) is 1. The average molecular weight is 172 g/mol. The van der Waals surface area contributed by atoms with Gasteiger partial charge in [-0.05, 0) is 24.1 Å². The van der Waals surface area contributed by atoms with Gasteiger partial charge in [-0.25, -0.2) is 9.97 Å². The molecule has 0 aliphatic carbocycles. The lowest BCUT2D eigenvalue weighted by Crippen LogP contribution is -2.10. The van der Waals surface area contributed by atoms with Gasteiger partial charge in [0.15, 0.2) is 0 Å². The van der Waals surface area contributed by atoms with E-state index in [1.807, 2.05) is 6.92 Å². The largest absolute Gasteiger partial charge is 0.323 e. The number of aromatic nitrogens is 2. The molecule has 2 N–H and O–H groups in total. The molecule has 60 valence electrons. The fourth-order valence-corrected chi connectivity index (χ4v) is 0.917. The first-order valence-electron chi connectivity index (χ1n) is 3.48. The molecule has 0 aliphatic rings. The van der Waals surface area contributed by atoms with Crippen molar-refractivity contribution in [3.63, 3.8) is 0 Å². The van der Waals surface area contributed by atoms with Crippen molar-refractivity contribution in [2.75, 3.05) is 0 Å². The highest BCUT2D eigenvalue weighted by Crippen LogP contribution is 2.11. The molecule has 11 heavy (non-hydrogen) atoms. The van der Waals surface area contributed by atoms with Gasteiger partial charge in [0.25, 0.3) is 0 Å². The van der Waals surface area contributed by atoms with Gasteiger partial charge in [0.05, 0.1) is 5.69 Å². The molecule has 0 saturated carbocycles. The Labute approximate surface area is 70.6 Å². The first-order valence-corrected chi connectivity index (χ1v) is 3.86. The fraction of sp³-hybridized carbons (Fsp3) is 0.429. The summed E-state index contributed by atoms with van der Waals surface area (Å²) in [5.41, 5.74) is 6.51. The van der Waals surface area contributed by atoms with Crippen molar-refractivity contribution in [1.29, 1.82) is 0 Å². The zero-order valence-corrected chi connectivity index (χ0v) is 7.04. The Balaban J connectivity index is 2.86. The second kappa shape index (κ2) is 3.64. The summed E-state index contributed by atoms with van der Waals surface area (Å²) in [6, 6.07) is 1.75. The molecule has 0 bridgehead atoms. The average Bonchev–Trinajstić information content (AvgIpc) is 2.03. The van der Waals surface area contributed by atoms with E-state index in [0.29, 0.717) is 0 Å². The van der Waals surface area contributed by atoms with E-state index in [1.165, 1.54) is 0 Å². The van der Waals surface area contributed by atoms with Crippen molar-refractivity contribution < 1.29 is 0 Å². The molecule has 1 aromatic heterocycles. The van der Waals surface area contributed by atoms with E-state index in [2.05, 4.69) is 9.97 Å². The van der Waals surface area contributed by atoms with Crippen LogP contribution in [0.3, 0.4) is 0 Å². The first kappa shape index (κ1) is 8.43. The SMILES string of the molecule is CCC(N)c1ccnc(Cl)n1. The monoisotopic (exact) mass is 171 g/mol. The molecule has 0 saturated heterocycles. The summed E-state index contributed by atoms with van der Waals surface area (Å²) < 4.78 is 0. The molecular weight excluding hydrogens is 162 g/mol. The Hall–Kier alpha value is -0.670. The lowest BCUT2D eigenvalue weighted by Gasteiger charge is -2.06. The maximum atomic E-state index is 5.71. The second-order valence-electron chi connectivity index (χ2n) is 2.27. The third kappa shape index (κ3) is 2.13. The van der Waals surface area contributed by atoms with Crippen molar-refractivity contribution in [3.05, 3.63) is 23.2 Å². The van der Waals surface area contributed by atoms with Crippen LogP contribution in [0.25, 0.3) is 0 Å². The van der Waals surface area contributed by atoms with E-state index in [4.69, 9.17) is 17.3 Å². The summed E-state index contributed by atoms with van der Waals surface area (Å²) in [4.78, 5) is 7.73. The molecule has 0 aromatic carbocycles.